The standard InChI is InChI=1S/C14H12NO2/c1-2-11-5-3-4-6-14(11)12-7-9-13(10-8-12)15(16)17/h3-5,7-10H,2H2,1H3. The molecule has 85 valence electrons. The zero-order valence-electron chi connectivity index (χ0n) is 9.51. The molecule has 0 fully saturated rings. The molecule has 2 aromatic carbocycles. The summed E-state index contributed by atoms with van der Waals surface area (Å²) < 4.78 is 0. The first-order valence-electron chi connectivity index (χ1n) is 5.46. The molecule has 2 aromatic rings. The lowest BCUT2D eigenvalue weighted by atomic mass is 9.98. The highest BCUT2D eigenvalue weighted by Gasteiger charge is 2.07. The number of nitro groups is 1. The van der Waals surface area contributed by atoms with E-state index >= 15 is 0 Å². The van der Waals surface area contributed by atoms with E-state index in [0.29, 0.717) is 0 Å². The van der Waals surface area contributed by atoms with E-state index in [0.717, 1.165) is 17.5 Å². The second-order valence-electron chi connectivity index (χ2n) is 3.73. The Bertz CT molecular complexity index is 532. The third-order valence-corrected chi connectivity index (χ3v) is 2.69. The van der Waals surface area contributed by atoms with E-state index in [4.69, 9.17) is 0 Å². The maximum absolute atomic E-state index is 10.6. The van der Waals surface area contributed by atoms with Gasteiger partial charge in [0.1, 0.15) is 0 Å². The molecule has 3 nitrogen and oxygen atoms in total. The fourth-order valence-electron chi connectivity index (χ4n) is 1.78. The zero-order chi connectivity index (χ0) is 12.3. The van der Waals surface area contributed by atoms with Crippen molar-refractivity contribution in [3.8, 4) is 11.1 Å². The average molecular weight is 226 g/mol. The number of nitrogens with zero attached hydrogens (tertiary/aromatic N) is 1. The first kappa shape index (κ1) is 11.3. The van der Waals surface area contributed by atoms with Crippen LogP contribution in [0.1, 0.15) is 12.5 Å². The summed E-state index contributed by atoms with van der Waals surface area (Å²) in [6, 6.07) is 15.6. The smallest absolute Gasteiger partial charge is 0.258 e. The molecule has 0 aliphatic carbocycles. The van der Waals surface area contributed by atoms with Gasteiger partial charge in [-0.15, -0.1) is 0 Å². The Labute approximate surface area is 99.9 Å². The van der Waals surface area contributed by atoms with Crippen molar-refractivity contribution in [3.05, 3.63) is 64.2 Å². The van der Waals surface area contributed by atoms with Crippen LogP contribution in [0.15, 0.2) is 42.5 Å². The Morgan fingerprint density at radius 1 is 1.24 bits per heavy atom. The molecule has 0 amide bonds. The Hall–Kier alpha value is -2.16. The van der Waals surface area contributed by atoms with E-state index in [-0.39, 0.29) is 10.6 Å². The van der Waals surface area contributed by atoms with Gasteiger partial charge < -0.3 is 0 Å². The lowest BCUT2D eigenvalue weighted by Crippen LogP contribution is -1.89. The van der Waals surface area contributed by atoms with Crippen molar-refractivity contribution in [1.82, 2.24) is 0 Å². The van der Waals surface area contributed by atoms with Crippen LogP contribution in [0.3, 0.4) is 0 Å². The van der Waals surface area contributed by atoms with E-state index in [1.54, 1.807) is 12.1 Å². The molecule has 0 saturated carbocycles. The SMILES string of the molecule is CCc1ccc[c]c1-c1ccc([N+](=O)[O-])cc1. The van der Waals surface area contributed by atoms with Gasteiger partial charge in [0.25, 0.3) is 5.69 Å². The molecular formula is C14H12NO2. The number of hydrogen-bond acceptors (Lipinski definition) is 2. The molecule has 1 radical (unpaired) electrons. The fourth-order valence-corrected chi connectivity index (χ4v) is 1.78. The number of hydrogen-bond donors (Lipinski definition) is 0. The van der Waals surface area contributed by atoms with E-state index in [9.17, 15) is 10.1 Å². The highest BCUT2D eigenvalue weighted by Crippen LogP contribution is 2.25. The van der Waals surface area contributed by atoms with Gasteiger partial charge in [-0.2, -0.15) is 0 Å². The van der Waals surface area contributed by atoms with Crippen LogP contribution >= 0.6 is 0 Å². The first-order valence-corrected chi connectivity index (χ1v) is 5.46. The van der Waals surface area contributed by atoms with Gasteiger partial charge >= 0.3 is 0 Å². The van der Waals surface area contributed by atoms with E-state index in [2.05, 4.69) is 13.0 Å². The van der Waals surface area contributed by atoms with Crippen LogP contribution in [-0.2, 0) is 6.42 Å². The van der Waals surface area contributed by atoms with Gasteiger partial charge in [0, 0.05) is 12.1 Å². The summed E-state index contributed by atoms with van der Waals surface area (Å²) in [5.41, 5.74) is 3.29. The predicted molar refractivity (Wildman–Crippen MR) is 66.7 cm³/mol. The van der Waals surface area contributed by atoms with Crippen LogP contribution in [0.4, 0.5) is 5.69 Å². The molecule has 0 aliphatic rings. The fraction of sp³-hybridized carbons (Fsp3) is 0.143. The van der Waals surface area contributed by atoms with Crippen LogP contribution in [-0.4, -0.2) is 4.92 Å². The van der Waals surface area contributed by atoms with Crippen molar-refractivity contribution >= 4 is 5.69 Å². The summed E-state index contributed by atoms with van der Waals surface area (Å²) in [6.45, 7) is 2.08. The molecular weight excluding hydrogens is 214 g/mol. The molecule has 3 heteroatoms. The summed E-state index contributed by atoms with van der Waals surface area (Å²) >= 11 is 0. The van der Waals surface area contributed by atoms with Crippen molar-refractivity contribution in [2.75, 3.05) is 0 Å². The summed E-state index contributed by atoms with van der Waals surface area (Å²) in [5.74, 6) is 0. The average Bonchev–Trinajstić information content (AvgIpc) is 2.39. The second-order valence-corrected chi connectivity index (χ2v) is 3.73. The van der Waals surface area contributed by atoms with Gasteiger partial charge in [-0.05, 0) is 41.3 Å². The predicted octanol–water partition coefficient (Wildman–Crippen LogP) is 3.62. The lowest BCUT2D eigenvalue weighted by molar-refractivity contribution is -0.384. The topological polar surface area (TPSA) is 43.1 Å². The molecule has 0 heterocycles. The molecule has 0 N–H and O–H groups in total. The number of nitro benzene ring substituents is 1. The number of rotatable bonds is 3. The van der Waals surface area contributed by atoms with E-state index in [1.807, 2.05) is 18.2 Å². The molecule has 0 unspecified atom stereocenters. The molecule has 0 spiro atoms. The number of benzene rings is 2. The quantitative estimate of drug-likeness (QED) is 0.592. The molecule has 0 atom stereocenters. The number of aryl methyl sites for hydroxylation is 1. The van der Waals surface area contributed by atoms with Crippen molar-refractivity contribution in [2.45, 2.75) is 13.3 Å². The molecule has 0 aromatic heterocycles. The minimum atomic E-state index is -0.390. The zero-order valence-corrected chi connectivity index (χ0v) is 9.51. The molecule has 0 saturated heterocycles. The van der Waals surface area contributed by atoms with Crippen molar-refractivity contribution < 1.29 is 4.92 Å². The van der Waals surface area contributed by atoms with Crippen molar-refractivity contribution in [2.24, 2.45) is 0 Å². The van der Waals surface area contributed by atoms with Crippen LogP contribution in [0.5, 0.6) is 0 Å². The maximum atomic E-state index is 10.6. The third kappa shape index (κ3) is 2.33. The first-order chi connectivity index (χ1) is 8.22. The van der Waals surface area contributed by atoms with Gasteiger partial charge in [0.15, 0.2) is 0 Å². The van der Waals surface area contributed by atoms with Gasteiger partial charge in [-0.3, -0.25) is 10.1 Å². The van der Waals surface area contributed by atoms with Crippen molar-refractivity contribution in [1.29, 1.82) is 0 Å². The monoisotopic (exact) mass is 226 g/mol. The van der Waals surface area contributed by atoms with Crippen LogP contribution < -0.4 is 0 Å². The summed E-state index contributed by atoms with van der Waals surface area (Å²) in [4.78, 5) is 10.2. The minimum Gasteiger partial charge on any atom is -0.258 e. The molecule has 17 heavy (non-hydrogen) atoms. The lowest BCUT2D eigenvalue weighted by Gasteiger charge is -2.06. The van der Waals surface area contributed by atoms with Crippen molar-refractivity contribution in [3.63, 3.8) is 0 Å². The normalized spacial score (nSPS) is 10.2. The van der Waals surface area contributed by atoms with Gasteiger partial charge in [0.05, 0.1) is 4.92 Å². The summed E-state index contributed by atoms with van der Waals surface area (Å²) in [6.07, 6.45) is 0.920. The van der Waals surface area contributed by atoms with Crippen LogP contribution in [0.2, 0.25) is 0 Å². The van der Waals surface area contributed by atoms with Crippen LogP contribution in [0.25, 0.3) is 11.1 Å². The van der Waals surface area contributed by atoms with Gasteiger partial charge in [0.2, 0.25) is 0 Å². The molecule has 0 bridgehead atoms. The highest BCUT2D eigenvalue weighted by atomic mass is 16.6. The van der Waals surface area contributed by atoms with Gasteiger partial charge in [-0.1, -0.05) is 25.1 Å². The molecule has 2 rings (SSSR count). The van der Waals surface area contributed by atoms with Gasteiger partial charge in [-0.25, -0.2) is 0 Å². The Kier molecular flexibility index (Phi) is 3.19. The van der Waals surface area contributed by atoms with Crippen LogP contribution in [0, 0.1) is 16.2 Å². The highest BCUT2D eigenvalue weighted by molar-refractivity contribution is 5.67. The maximum Gasteiger partial charge on any atom is 0.269 e. The third-order valence-electron chi connectivity index (χ3n) is 2.69. The minimum absolute atomic E-state index is 0.114. The summed E-state index contributed by atoms with van der Waals surface area (Å²) in [5, 5.41) is 10.6. The summed E-state index contributed by atoms with van der Waals surface area (Å²) in [7, 11) is 0. The van der Waals surface area contributed by atoms with E-state index < -0.39 is 0 Å². The Balaban J connectivity index is 2.43. The Morgan fingerprint density at radius 3 is 2.53 bits per heavy atom. The largest absolute Gasteiger partial charge is 0.269 e. The number of non-ortho nitro benzene ring substituents is 1. The Morgan fingerprint density at radius 2 is 1.94 bits per heavy atom. The molecule has 0 aliphatic heterocycles. The van der Waals surface area contributed by atoms with E-state index in [1.165, 1.54) is 17.7 Å². The second kappa shape index (κ2) is 4.78.